The fourth-order valence-electron chi connectivity index (χ4n) is 1.41. The van der Waals surface area contributed by atoms with Gasteiger partial charge in [0.15, 0.2) is 15.5 Å². The molecule has 0 aliphatic carbocycles. The van der Waals surface area contributed by atoms with E-state index in [4.69, 9.17) is 5.73 Å². The van der Waals surface area contributed by atoms with Gasteiger partial charge in [-0.15, -0.1) is 0 Å². The van der Waals surface area contributed by atoms with Crippen molar-refractivity contribution in [1.82, 2.24) is 20.2 Å². The summed E-state index contributed by atoms with van der Waals surface area (Å²) in [6.45, 7) is 3.50. The maximum Gasteiger partial charge on any atom is 0.224 e. The number of hydrogen-bond acceptors (Lipinski definition) is 7. The summed E-state index contributed by atoms with van der Waals surface area (Å²) in [6, 6.07) is 0. The minimum absolute atomic E-state index is 0.0939. The van der Waals surface area contributed by atoms with Crippen LogP contribution >= 0.6 is 0 Å². The Labute approximate surface area is 110 Å². The van der Waals surface area contributed by atoms with Crippen molar-refractivity contribution < 1.29 is 8.42 Å². The summed E-state index contributed by atoms with van der Waals surface area (Å²) in [4.78, 5) is 8.04. The monoisotopic (exact) mass is 284 g/mol. The zero-order valence-corrected chi connectivity index (χ0v) is 11.7. The standard InChI is InChI=1S/C10H16N6O2S/c1-10(2,19(3,17)18)5-12-7-6-4-13-16-8(6)15-9(11)14-7/h4H,5H2,1-3H3,(H4,11,12,13,14,15,16). The number of aromatic amines is 1. The van der Waals surface area contributed by atoms with Crippen LogP contribution in [-0.2, 0) is 9.84 Å². The number of anilines is 2. The summed E-state index contributed by atoms with van der Waals surface area (Å²) in [6.07, 6.45) is 2.76. The van der Waals surface area contributed by atoms with Crippen LogP contribution in [0.5, 0.6) is 0 Å². The molecule has 0 aromatic carbocycles. The number of aromatic nitrogens is 4. The molecule has 2 heterocycles. The second-order valence-corrected chi connectivity index (χ2v) is 7.60. The van der Waals surface area contributed by atoms with Crippen LogP contribution in [0.3, 0.4) is 0 Å². The molecule has 2 aromatic rings. The van der Waals surface area contributed by atoms with Crippen molar-refractivity contribution in [2.45, 2.75) is 18.6 Å². The summed E-state index contributed by atoms with van der Waals surface area (Å²) in [5.74, 6) is 0.560. The van der Waals surface area contributed by atoms with E-state index < -0.39 is 14.6 Å². The molecule has 0 amide bonds. The summed E-state index contributed by atoms with van der Waals surface area (Å²) in [5.41, 5.74) is 6.09. The van der Waals surface area contributed by atoms with Gasteiger partial charge in [0.25, 0.3) is 0 Å². The molecule has 0 bridgehead atoms. The lowest BCUT2D eigenvalue weighted by Crippen LogP contribution is -2.38. The molecule has 0 radical (unpaired) electrons. The van der Waals surface area contributed by atoms with E-state index in [1.165, 1.54) is 6.26 Å². The van der Waals surface area contributed by atoms with E-state index in [1.54, 1.807) is 20.0 Å². The first-order valence-corrected chi connectivity index (χ1v) is 7.50. The van der Waals surface area contributed by atoms with Crippen LogP contribution in [0.4, 0.5) is 11.8 Å². The average molecular weight is 284 g/mol. The SMILES string of the molecule is CC(C)(CNc1nc(N)nc2[nH]ncc12)S(C)(=O)=O. The van der Waals surface area contributed by atoms with Crippen molar-refractivity contribution in [1.29, 1.82) is 0 Å². The third-order valence-electron chi connectivity index (χ3n) is 3.01. The molecular weight excluding hydrogens is 268 g/mol. The summed E-state index contributed by atoms with van der Waals surface area (Å²) < 4.78 is 22.4. The van der Waals surface area contributed by atoms with E-state index in [0.29, 0.717) is 16.9 Å². The molecule has 0 saturated heterocycles. The topological polar surface area (TPSA) is 127 Å². The third kappa shape index (κ3) is 2.60. The highest BCUT2D eigenvalue weighted by atomic mass is 32.2. The molecule has 4 N–H and O–H groups in total. The number of nitrogens with zero attached hydrogens (tertiary/aromatic N) is 3. The van der Waals surface area contributed by atoms with Crippen LogP contribution in [0.1, 0.15) is 13.8 Å². The van der Waals surface area contributed by atoms with Crippen molar-refractivity contribution in [3.05, 3.63) is 6.20 Å². The maximum absolute atomic E-state index is 11.6. The molecule has 9 heteroatoms. The zero-order valence-electron chi connectivity index (χ0n) is 10.9. The number of H-pyrrole nitrogens is 1. The Kier molecular flexibility index (Phi) is 3.09. The quantitative estimate of drug-likeness (QED) is 0.730. The molecule has 2 aromatic heterocycles. The van der Waals surface area contributed by atoms with E-state index in [-0.39, 0.29) is 12.5 Å². The van der Waals surface area contributed by atoms with Gasteiger partial charge in [0, 0.05) is 12.8 Å². The zero-order chi connectivity index (χ0) is 14.3. The van der Waals surface area contributed by atoms with Crippen molar-refractivity contribution in [3.8, 4) is 0 Å². The fraction of sp³-hybridized carbons (Fsp3) is 0.500. The van der Waals surface area contributed by atoms with Gasteiger partial charge in [0.1, 0.15) is 5.82 Å². The summed E-state index contributed by atoms with van der Waals surface area (Å²) in [5, 5.41) is 10.2. The van der Waals surface area contributed by atoms with Gasteiger partial charge in [0.05, 0.1) is 16.3 Å². The van der Waals surface area contributed by atoms with E-state index in [2.05, 4.69) is 25.5 Å². The molecule has 0 unspecified atom stereocenters. The van der Waals surface area contributed by atoms with Crippen molar-refractivity contribution >= 4 is 32.6 Å². The van der Waals surface area contributed by atoms with Crippen LogP contribution < -0.4 is 11.1 Å². The van der Waals surface area contributed by atoms with Crippen LogP contribution in [0, 0.1) is 0 Å². The van der Waals surface area contributed by atoms with Crippen LogP contribution in [0.2, 0.25) is 0 Å². The molecule has 19 heavy (non-hydrogen) atoms. The van der Waals surface area contributed by atoms with Gasteiger partial charge in [-0.3, -0.25) is 5.10 Å². The first-order chi connectivity index (χ1) is 8.71. The highest BCUT2D eigenvalue weighted by molar-refractivity contribution is 7.92. The van der Waals surface area contributed by atoms with Crippen molar-refractivity contribution in [2.24, 2.45) is 0 Å². The predicted molar refractivity (Wildman–Crippen MR) is 73.5 cm³/mol. The van der Waals surface area contributed by atoms with Gasteiger partial charge >= 0.3 is 0 Å². The Bertz CT molecular complexity index is 706. The fourth-order valence-corrected chi connectivity index (χ4v) is 1.75. The number of rotatable bonds is 4. The lowest BCUT2D eigenvalue weighted by Gasteiger charge is -2.23. The second-order valence-electron chi connectivity index (χ2n) is 4.95. The predicted octanol–water partition coefficient (Wildman–Crippen LogP) is 0.170. The van der Waals surface area contributed by atoms with Crippen molar-refractivity contribution in [3.63, 3.8) is 0 Å². The molecule has 0 spiro atoms. The van der Waals surface area contributed by atoms with Gasteiger partial charge in [-0.2, -0.15) is 15.1 Å². The smallest absolute Gasteiger partial charge is 0.224 e. The highest BCUT2D eigenvalue weighted by Gasteiger charge is 2.30. The Morgan fingerprint density at radius 1 is 1.42 bits per heavy atom. The third-order valence-corrected chi connectivity index (χ3v) is 5.16. The van der Waals surface area contributed by atoms with Gasteiger partial charge in [-0.25, -0.2) is 8.42 Å². The molecule has 2 rings (SSSR count). The number of nitrogen functional groups attached to an aromatic ring is 1. The van der Waals surface area contributed by atoms with Crippen LogP contribution in [0.25, 0.3) is 11.0 Å². The number of hydrogen-bond donors (Lipinski definition) is 3. The maximum atomic E-state index is 11.6. The first kappa shape index (κ1) is 13.5. The number of nitrogens with two attached hydrogens (primary N) is 1. The molecule has 0 aliphatic rings. The largest absolute Gasteiger partial charge is 0.368 e. The molecule has 0 saturated carbocycles. The number of fused-ring (bicyclic) bond motifs is 1. The highest BCUT2D eigenvalue weighted by Crippen LogP contribution is 2.21. The summed E-state index contributed by atoms with van der Waals surface area (Å²) >= 11 is 0. The summed E-state index contributed by atoms with van der Waals surface area (Å²) in [7, 11) is -3.18. The molecule has 8 nitrogen and oxygen atoms in total. The Hall–Kier alpha value is -1.90. The van der Waals surface area contributed by atoms with Gasteiger partial charge in [0.2, 0.25) is 5.95 Å². The Balaban J connectivity index is 2.30. The van der Waals surface area contributed by atoms with Crippen molar-refractivity contribution in [2.75, 3.05) is 23.9 Å². The molecule has 0 atom stereocenters. The van der Waals surface area contributed by atoms with Gasteiger partial charge in [-0.1, -0.05) is 0 Å². The Morgan fingerprint density at radius 2 is 2.11 bits per heavy atom. The molecular formula is C10H16N6O2S. The van der Waals surface area contributed by atoms with E-state index >= 15 is 0 Å². The molecule has 0 aliphatic heterocycles. The minimum atomic E-state index is -3.18. The van der Waals surface area contributed by atoms with E-state index in [0.717, 1.165) is 0 Å². The molecule has 104 valence electrons. The van der Waals surface area contributed by atoms with E-state index in [1.807, 2.05) is 0 Å². The second kappa shape index (κ2) is 4.34. The minimum Gasteiger partial charge on any atom is -0.368 e. The number of nitrogens with one attached hydrogen (secondary N) is 2. The first-order valence-electron chi connectivity index (χ1n) is 5.61. The van der Waals surface area contributed by atoms with Gasteiger partial charge in [-0.05, 0) is 13.8 Å². The lowest BCUT2D eigenvalue weighted by molar-refractivity contribution is 0.559. The van der Waals surface area contributed by atoms with E-state index in [9.17, 15) is 8.42 Å². The molecule has 0 fully saturated rings. The normalized spacial score (nSPS) is 12.8. The Morgan fingerprint density at radius 3 is 2.74 bits per heavy atom. The van der Waals surface area contributed by atoms with Gasteiger partial charge < -0.3 is 11.1 Å². The number of sulfone groups is 1. The lowest BCUT2D eigenvalue weighted by atomic mass is 10.2. The average Bonchev–Trinajstić information content (AvgIpc) is 2.72. The van der Waals surface area contributed by atoms with Crippen LogP contribution in [-0.4, -0.2) is 46.1 Å². The van der Waals surface area contributed by atoms with Crippen LogP contribution in [0.15, 0.2) is 6.20 Å².